The topological polar surface area (TPSA) is 66.5 Å². The molecule has 1 N–H and O–H groups in total. The maximum absolute atomic E-state index is 14.3. The van der Waals surface area contributed by atoms with Gasteiger partial charge in [-0.1, -0.05) is 87.8 Å². The fraction of sp³-hybridized carbons (Fsp3) is 0.387. The number of hydrogen-bond acceptors (Lipinski definition) is 4. The molecule has 0 bridgehead atoms. The highest BCUT2D eigenvalue weighted by molar-refractivity contribution is 7.12. The average Bonchev–Trinajstić information content (AvgIpc) is 3.54. The van der Waals surface area contributed by atoms with Crippen molar-refractivity contribution >= 4 is 40.5 Å². The second-order valence-electron chi connectivity index (χ2n) is 11.1. The number of rotatable bonds is 8. The standard InChI is InChI=1S/C31H35ClN2O3S/c1-5-17-33-30(37)28-25(20-13-15-22(32)16-14-20)26(29(36)23-12-9-18-38-23)27(21-10-7-6-8-11-21)34(28)24(35)19-31(2,3)4/h6-16,18,25-28H,5,17,19H2,1-4H3,(H,33,37). The van der Waals surface area contributed by atoms with Crippen LogP contribution in [0, 0.1) is 11.3 Å². The molecule has 1 fully saturated rings. The van der Waals surface area contributed by atoms with Crippen LogP contribution in [0.5, 0.6) is 0 Å². The number of amides is 2. The summed E-state index contributed by atoms with van der Waals surface area (Å²) in [5, 5.41) is 5.48. The molecule has 4 unspecified atom stereocenters. The van der Waals surface area contributed by atoms with E-state index in [-0.39, 0.29) is 29.4 Å². The summed E-state index contributed by atoms with van der Waals surface area (Å²) in [6.45, 7) is 8.51. The summed E-state index contributed by atoms with van der Waals surface area (Å²) in [6.07, 6.45) is 1.01. The van der Waals surface area contributed by atoms with Crippen molar-refractivity contribution in [1.29, 1.82) is 0 Å². The highest BCUT2D eigenvalue weighted by Gasteiger charge is 2.57. The van der Waals surface area contributed by atoms with Crippen molar-refractivity contribution in [3.8, 4) is 0 Å². The Balaban J connectivity index is 1.97. The Hall–Kier alpha value is -2.96. The van der Waals surface area contributed by atoms with Crippen molar-refractivity contribution in [3.05, 3.63) is 93.1 Å². The molecule has 2 heterocycles. The lowest BCUT2D eigenvalue weighted by Crippen LogP contribution is -2.49. The van der Waals surface area contributed by atoms with Gasteiger partial charge in [-0.15, -0.1) is 11.3 Å². The first-order valence-corrected chi connectivity index (χ1v) is 14.3. The number of halogens is 1. The van der Waals surface area contributed by atoms with Gasteiger partial charge in [0.05, 0.1) is 16.8 Å². The Kier molecular flexibility index (Phi) is 8.74. The summed E-state index contributed by atoms with van der Waals surface area (Å²) in [4.78, 5) is 44.7. The number of nitrogens with one attached hydrogen (secondary N) is 1. The molecule has 200 valence electrons. The Labute approximate surface area is 234 Å². The van der Waals surface area contributed by atoms with Gasteiger partial charge < -0.3 is 10.2 Å². The zero-order valence-corrected chi connectivity index (χ0v) is 23.9. The number of thiophene rings is 1. The number of nitrogens with zero attached hydrogens (tertiary/aromatic N) is 1. The Morgan fingerprint density at radius 3 is 2.21 bits per heavy atom. The SMILES string of the molecule is CCCNC(=O)C1C(c2ccc(Cl)cc2)C(C(=O)c2cccs2)C(c2ccccc2)N1C(=O)CC(C)(C)C. The van der Waals surface area contributed by atoms with E-state index in [4.69, 9.17) is 11.6 Å². The van der Waals surface area contributed by atoms with Gasteiger partial charge in [0, 0.05) is 23.9 Å². The summed E-state index contributed by atoms with van der Waals surface area (Å²) in [7, 11) is 0. The van der Waals surface area contributed by atoms with Gasteiger partial charge in [0.25, 0.3) is 0 Å². The second kappa shape index (κ2) is 11.8. The predicted octanol–water partition coefficient (Wildman–Crippen LogP) is 6.90. The number of carbonyl (C=O) groups is 3. The van der Waals surface area contributed by atoms with Crippen molar-refractivity contribution in [2.75, 3.05) is 6.54 Å². The van der Waals surface area contributed by atoms with Gasteiger partial charge in [-0.25, -0.2) is 0 Å². The lowest BCUT2D eigenvalue weighted by Gasteiger charge is -2.33. The number of benzene rings is 2. The molecule has 0 spiro atoms. The molecule has 1 saturated heterocycles. The van der Waals surface area contributed by atoms with Crippen LogP contribution in [0.25, 0.3) is 0 Å². The van der Waals surface area contributed by atoms with E-state index in [1.165, 1.54) is 11.3 Å². The minimum atomic E-state index is -0.850. The maximum atomic E-state index is 14.3. The number of ketones is 1. The van der Waals surface area contributed by atoms with Gasteiger partial charge in [-0.2, -0.15) is 0 Å². The predicted molar refractivity (Wildman–Crippen MR) is 154 cm³/mol. The molecule has 1 aliphatic heterocycles. The molecule has 2 aromatic carbocycles. The van der Waals surface area contributed by atoms with E-state index in [0.717, 1.165) is 17.5 Å². The monoisotopic (exact) mass is 550 g/mol. The third-order valence-electron chi connectivity index (χ3n) is 6.92. The van der Waals surface area contributed by atoms with Crippen LogP contribution in [-0.4, -0.2) is 35.1 Å². The van der Waals surface area contributed by atoms with Crippen molar-refractivity contribution in [2.24, 2.45) is 11.3 Å². The highest BCUT2D eigenvalue weighted by atomic mass is 35.5. The first kappa shape index (κ1) is 28.1. The number of carbonyl (C=O) groups excluding carboxylic acids is 3. The van der Waals surface area contributed by atoms with Gasteiger partial charge in [0.15, 0.2) is 5.78 Å². The van der Waals surface area contributed by atoms with E-state index in [1.54, 1.807) is 17.0 Å². The zero-order chi connectivity index (χ0) is 27.4. The maximum Gasteiger partial charge on any atom is 0.243 e. The molecule has 1 aliphatic rings. The van der Waals surface area contributed by atoms with E-state index in [9.17, 15) is 14.4 Å². The van der Waals surface area contributed by atoms with Crippen LogP contribution >= 0.6 is 22.9 Å². The fourth-order valence-corrected chi connectivity index (χ4v) is 6.23. The van der Waals surface area contributed by atoms with Crippen molar-refractivity contribution < 1.29 is 14.4 Å². The lowest BCUT2D eigenvalue weighted by atomic mass is 9.77. The molecule has 2 amide bonds. The largest absolute Gasteiger partial charge is 0.354 e. The minimum Gasteiger partial charge on any atom is -0.354 e. The van der Waals surface area contributed by atoms with E-state index < -0.39 is 23.9 Å². The van der Waals surface area contributed by atoms with Crippen LogP contribution in [-0.2, 0) is 9.59 Å². The van der Waals surface area contributed by atoms with E-state index >= 15 is 0 Å². The molecular formula is C31H35ClN2O3S. The first-order valence-electron chi connectivity index (χ1n) is 13.1. The van der Waals surface area contributed by atoms with Crippen LogP contribution in [0.3, 0.4) is 0 Å². The number of likely N-dealkylation sites (tertiary alicyclic amines) is 1. The highest BCUT2D eigenvalue weighted by Crippen LogP contribution is 2.52. The van der Waals surface area contributed by atoms with Gasteiger partial charge >= 0.3 is 0 Å². The van der Waals surface area contributed by atoms with Gasteiger partial charge in [0.2, 0.25) is 11.8 Å². The number of hydrogen-bond donors (Lipinski definition) is 1. The van der Waals surface area contributed by atoms with Crippen molar-refractivity contribution in [1.82, 2.24) is 10.2 Å². The Bertz CT molecular complexity index is 1250. The summed E-state index contributed by atoms with van der Waals surface area (Å²) in [5.74, 6) is -1.64. The molecule has 0 aliphatic carbocycles. The van der Waals surface area contributed by atoms with Crippen molar-refractivity contribution in [3.63, 3.8) is 0 Å². The van der Waals surface area contributed by atoms with E-state index in [1.807, 2.05) is 87.7 Å². The molecule has 3 aromatic rings. The van der Waals surface area contributed by atoms with E-state index in [0.29, 0.717) is 16.4 Å². The van der Waals surface area contributed by atoms with Crippen LogP contribution in [0.1, 0.15) is 73.3 Å². The van der Waals surface area contributed by atoms with Gasteiger partial charge in [0.1, 0.15) is 6.04 Å². The lowest BCUT2D eigenvalue weighted by molar-refractivity contribution is -0.142. The zero-order valence-electron chi connectivity index (χ0n) is 22.3. The molecule has 1 aromatic heterocycles. The van der Waals surface area contributed by atoms with E-state index in [2.05, 4.69) is 5.32 Å². The fourth-order valence-electron chi connectivity index (χ4n) is 5.39. The Morgan fingerprint density at radius 1 is 0.947 bits per heavy atom. The third kappa shape index (κ3) is 6.02. The summed E-state index contributed by atoms with van der Waals surface area (Å²) in [6, 6.07) is 19.2. The molecule has 7 heteroatoms. The molecule has 4 atom stereocenters. The summed E-state index contributed by atoms with van der Waals surface area (Å²) < 4.78 is 0. The van der Waals surface area contributed by atoms with Gasteiger partial charge in [-0.3, -0.25) is 14.4 Å². The third-order valence-corrected chi connectivity index (χ3v) is 8.05. The molecule has 5 nitrogen and oxygen atoms in total. The molecule has 0 radical (unpaired) electrons. The van der Waals surface area contributed by atoms with Crippen LogP contribution < -0.4 is 5.32 Å². The Morgan fingerprint density at radius 2 is 1.63 bits per heavy atom. The van der Waals surface area contributed by atoms with Crippen molar-refractivity contribution in [2.45, 2.75) is 58.5 Å². The first-order chi connectivity index (χ1) is 18.1. The molecule has 38 heavy (non-hydrogen) atoms. The van der Waals surface area contributed by atoms with Crippen LogP contribution in [0.2, 0.25) is 5.02 Å². The normalized spacial score (nSPS) is 21.3. The van der Waals surface area contributed by atoms with Crippen LogP contribution in [0.15, 0.2) is 72.1 Å². The molecule has 0 saturated carbocycles. The van der Waals surface area contributed by atoms with Gasteiger partial charge in [-0.05, 0) is 46.5 Å². The van der Waals surface area contributed by atoms with Crippen LogP contribution in [0.4, 0.5) is 0 Å². The minimum absolute atomic E-state index is 0.0619. The second-order valence-corrected chi connectivity index (χ2v) is 12.5. The number of Topliss-reactive ketones (excluding diaryl/α,β-unsaturated/α-hetero) is 1. The quantitative estimate of drug-likeness (QED) is 0.310. The molecule has 4 rings (SSSR count). The average molecular weight is 551 g/mol. The smallest absolute Gasteiger partial charge is 0.243 e. The molecular weight excluding hydrogens is 516 g/mol. The summed E-state index contributed by atoms with van der Waals surface area (Å²) in [5.41, 5.74) is 1.36. The summed E-state index contributed by atoms with van der Waals surface area (Å²) >= 11 is 7.62.